The minimum absolute atomic E-state index is 0.520. The van der Waals surface area contributed by atoms with Crippen LogP contribution in [-0.2, 0) is 5.54 Å². The van der Waals surface area contributed by atoms with E-state index in [1.807, 2.05) is 44.4 Å². The van der Waals surface area contributed by atoms with Gasteiger partial charge in [-0.2, -0.15) is 5.26 Å². The van der Waals surface area contributed by atoms with Gasteiger partial charge in [0.2, 0.25) is 0 Å². The van der Waals surface area contributed by atoms with E-state index >= 15 is 0 Å². The molecule has 0 saturated heterocycles. The molecule has 0 spiro atoms. The van der Waals surface area contributed by atoms with Crippen LogP contribution in [0.15, 0.2) is 30.3 Å². The molecule has 1 aliphatic rings. The minimum atomic E-state index is -0.535. The number of benzene rings is 1. The van der Waals surface area contributed by atoms with Crippen molar-refractivity contribution in [2.45, 2.75) is 30.8 Å². The maximum Gasteiger partial charge on any atom is 0.133 e. The van der Waals surface area contributed by atoms with Crippen molar-refractivity contribution in [1.82, 2.24) is 10.2 Å². The van der Waals surface area contributed by atoms with Crippen LogP contribution in [0.2, 0.25) is 0 Å². The molecular weight excluding hydrogens is 222 g/mol. The van der Waals surface area contributed by atoms with E-state index in [0.717, 1.165) is 18.5 Å². The predicted octanol–water partition coefficient (Wildman–Crippen LogP) is 2.11. The monoisotopic (exact) mass is 243 g/mol. The molecule has 0 aliphatic heterocycles. The average molecular weight is 243 g/mol. The molecule has 1 aromatic rings. The molecule has 96 valence electrons. The summed E-state index contributed by atoms with van der Waals surface area (Å²) < 4.78 is 0. The average Bonchev–Trinajstić information content (AvgIpc) is 3.19. The second-order valence-corrected chi connectivity index (χ2v) is 5.36. The van der Waals surface area contributed by atoms with E-state index in [2.05, 4.69) is 16.3 Å². The Bertz CT molecular complexity index is 417. The molecule has 1 fully saturated rings. The van der Waals surface area contributed by atoms with Crippen LogP contribution >= 0.6 is 0 Å². The van der Waals surface area contributed by atoms with Crippen LogP contribution in [0.4, 0.5) is 0 Å². The van der Waals surface area contributed by atoms with Gasteiger partial charge in [-0.15, -0.1) is 0 Å². The molecule has 18 heavy (non-hydrogen) atoms. The maximum absolute atomic E-state index is 9.69. The molecule has 0 amide bonds. The van der Waals surface area contributed by atoms with Gasteiger partial charge in [0.05, 0.1) is 6.07 Å². The van der Waals surface area contributed by atoms with Gasteiger partial charge in [0, 0.05) is 12.6 Å². The third-order valence-corrected chi connectivity index (χ3v) is 3.42. The fraction of sp³-hybridized carbons (Fsp3) is 0.533. The van der Waals surface area contributed by atoms with Gasteiger partial charge in [-0.1, -0.05) is 30.3 Å². The molecule has 1 unspecified atom stereocenters. The van der Waals surface area contributed by atoms with Crippen molar-refractivity contribution in [2.24, 2.45) is 0 Å². The third kappa shape index (κ3) is 3.10. The first-order valence-electron chi connectivity index (χ1n) is 6.55. The van der Waals surface area contributed by atoms with E-state index in [4.69, 9.17) is 0 Å². The summed E-state index contributed by atoms with van der Waals surface area (Å²) in [6.07, 6.45) is 3.20. The molecule has 1 aromatic carbocycles. The largest absolute Gasteiger partial charge is 0.309 e. The van der Waals surface area contributed by atoms with Crippen molar-refractivity contribution in [3.63, 3.8) is 0 Å². The predicted molar refractivity (Wildman–Crippen MR) is 73.1 cm³/mol. The lowest BCUT2D eigenvalue weighted by atomic mass is 9.87. The summed E-state index contributed by atoms with van der Waals surface area (Å²) in [5.74, 6) is 0. The molecule has 3 heteroatoms. The first-order chi connectivity index (χ1) is 8.66. The van der Waals surface area contributed by atoms with Gasteiger partial charge >= 0.3 is 0 Å². The maximum atomic E-state index is 9.69. The molecule has 1 saturated carbocycles. The number of hydrogen-bond donors (Lipinski definition) is 1. The Morgan fingerprint density at radius 3 is 2.50 bits per heavy atom. The molecule has 0 bridgehead atoms. The highest BCUT2D eigenvalue weighted by Gasteiger charge is 2.37. The van der Waals surface area contributed by atoms with E-state index in [0.29, 0.717) is 6.04 Å². The van der Waals surface area contributed by atoms with E-state index in [9.17, 15) is 5.26 Å². The van der Waals surface area contributed by atoms with Crippen LogP contribution in [0.1, 0.15) is 24.8 Å². The smallest absolute Gasteiger partial charge is 0.133 e. The van der Waals surface area contributed by atoms with Crippen molar-refractivity contribution in [2.75, 3.05) is 20.6 Å². The molecule has 0 aromatic heterocycles. The zero-order valence-corrected chi connectivity index (χ0v) is 11.2. The molecule has 2 rings (SSSR count). The van der Waals surface area contributed by atoms with Crippen molar-refractivity contribution in [3.8, 4) is 6.07 Å². The van der Waals surface area contributed by atoms with E-state index in [1.54, 1.807) is 0 Å². The summed E-state index contributed by atoms with van der Waals surface area (Å²) in [5, 5.41) is 13.2. The number of rotatable bonds is 6. The van der Waals surface area contributed by atoms with Crippen LogP contribution in [0, 0.1) is 11.3 Å². The van der Waals surface area contributed by atoms with Crippen LogP contribution in [0.5, 0.6) is 0 Å². The van der Waals surface area contributed by atoms with Gasteiger partial charge in [-0.25, -0.2) is 0 Å². The van der Waals surface area contributed by atoms with Gasteiger partial charge in [-0.3, -0.25) is 5.32 Å². The second-order valence-electron chi connectivity index (χ2n) is 5.36. The Kier molecular flexibility index (Phi) is 4.00. The molecule has 1 atom stereocenters. The highest BCUT2D eigenvalue weighted by atomic mass is 15.1. The quantitative estimate of drug-likeness (QED) is 0.831. The minimum Gasteiger partial charge on any atom is -0.309 e. The molecule has 0 radical (unpaired) electrons. The van der Waals surface area contributed by atoms with Crippen molar-refractivity contribution < 1.29 is 0 Å². The van der Waals surface area contributed by atoms with Gasteiger partial charge in [0.25, 0.3) is 0 Å². The molecule has 3 nitrogen and oxygen atoms in total. The van der Waals surface area contributed by atoms with Crippen LogP contribution < -0.4 is 5.32 Å². The lowest BCUT2D eigenvalue weighted by Gasteiger charge is -2.30. The van der Waals surface area contributed by atoms with Crippen LogP contribution in [0.3, 0.4) is 0 Å². The fourth-order valence-corrected chi connectivity index (χ4v) is 2.14. The fourth-order valence-electron chi connectivity index (χ4n) is 2.14. The zero-order chi connectivity index (χ0) is 13.0. The molecule has 0 heterocycles. The van der Waals surface area contributed by atoms with E-state index < -0.39 is 5.54 Å². The summed E-state index contributed by atoms with van der Waals surface area (Å²) in [4.78, 5) is 2.13. The first kappa shape index (κ1) is 13.1. The summed E-state index contributed by atoms with van der Waals surface area (Å²) in [7, 11) is 4.09. The van der Waals surface area contributed by atoms with Gasteiger partial charge in [0.15, 0.2) is 0 Å². The normalized spacial score (nSPS) is 18.3. The number of nitriles is 1. The van der Waals surface area contributed by atoms with Crippen LogP contribution in [-0.4, -0.2) is 31.6 Å². The summed E-state index contributed by atoms with van der Waals surface area (Å²) in [6, 6.07) is 13.1. The Labute approximate surface area is 109 Å². The topological polar surface area (TPSA) is 39.1 Å². The lowest BCUT2D eigenvalue weighted by Crippen LogP contribution is -2.44. The summed E-state index contributed by atoms with van der Waals surface area (Å²) >= 11 is 0. The highest BCUT2D eigenvalue weighted by molar-refractivity contribution is 5.32. The van der Waals surface area contributed by atoms with Gasteiger partial charge in [0.1, 0.15) is 5.54 Å². The second kappa shape index (κ2) is 5.51. The number of nitrogens with one attached hydrogen (secondary N) is 1. The molecular formula is C15H21N3. The Hall–Kier alpha value is -1.37. The SMILES string of the molecule is CN(C)CCC(C#N)(NC1CC1)c1ccccc1. The number of nitrogens with zero attached hydrogens (tertiary/aromatic N) is 2. The number of hydrogen-bond acceptors (Lipinski definition) is 3. The lowest BCUT2D eigenvalue weighted by molar-refractivity contribution is 0.315. The van der Waals surface area contributed by atoms with Gasteiger partial charge < -0.3 is 4.90 Å². The molecule has 1 aliphatic carbocycles. The Balaban J connectivity index is 2.22. The summed E-state index contributed by atoms with van der Waals surface area (Å²) in [5.41, 5.74) is 0.549. The standard InChI is InChI=1S/C15H21N3/c1-18(2)11-10-15(12-16,17-14-8-9-14)13-6-4-3-5-7-13/h3-7,14,17H,8-11H2,1-2H3. The van der Waals surface area contributed by atoms with Crippen molar-refractivity contribution >= 4 is 0 Å². The summed E-state index contributed by atoms with van der Waals surface area (Å²) in [6.45, 7) is 0.905. The van der Waals surface area contributed by atoms with Crippen molar-refractivity contribution in [3.05, 3.63) is 35.9 Å². The first-order valence-corrected chi connectivity index (χ1v) is 6.55. The van der Waals surface area contributed by atoms with E-state index in [-0.39, 0.29) is 0 Å². The Morgan fingerprint density at radius 2 is 2.00 bits per heavy atom. The van der Waals surface area contributed by atoms with Crippen molar-refractivity contribution in [1.29, 1.82) is 5.26 Å². The Morgan fingerprint density at radius 1 is 1.33 bits per heavy atom. The third-order valence-electron chi connectivity index (χ3n) is 3.42. The van der Waals surface area contributed by atoms with Gasteiger partial charge in [-0.05, 0) is 38.9 Å². The van der Waals surface area contributed by atoms with E-state index in [1.165, 1.54) is 12.8 Å². The highest BCUT2D eigenvalue weighted by Crippen LogP contribution is 2.31. The van der Waals surface area contributed by atoms with Crippen LogP contribution in [0.25, 0.3) is 0 Å². The molecule has 1 N–H and O–H groups in total. The zero-order valence-electron chi connectivity index (χ0n) is 11.2.